The van der Waals surface area contributed by atoms with Crippen molar-refractivity contribution in [1.82, 2.24) is 10.9 Å². The van der Waals surface area contributed by atoms with Gasteiger partial charge in [0.2, 0.25) is 0 Å². The number of ether oxygens (including phenoxy) is 1. The maximum atomic E-state index is 14.3. The molecule has 3 rings (SSSR count). The molecule has 1 heterocycles. The van der Waals surface area contributed by atoms with Crippen molar-refractivity contribution >= 4 is 22.6 Å². The number of benzene rings is 2. The van der Waals surface area contributed by atoms with Crippen molar-refractivity contribution < 1.29 is 9.13 Å². The summed E-state index contributed by atoms with van der Waals surface area (Å²) in [7, 11) is 0. The number of hydrazine groups is 1. The Balaban J connectivity index is 1.78. The molecule has 1 fully saturated rings. The SMILES string of the molecule is CCOc1ccc(N/C(=N/C2NNC(C)C2c2ccccc2F)SC)cc1. The molecule has 3 unspecified atom stereocenters. The van der Waals surface area contributed by atoms with Crippen molar-refractivity contribution in [3.05, 3.63) is 59.9 Å². The maximum absolute atomic E-state index is 14.3. The Morgan fingerprint density at radius 3 is 2.59 bits per heavy atom. The molecule has 0 radical (unpaired) electrons. The van der Waals surface area contributed by atoms with E-state index in [9.17, 15) is 4.39 Å². The zero-order chi connectivity index (χ0) is 19.2. The second kappa shape index (κ2) is 9.21. The molecule has 2 aromatic rings. The lowest BCUT2D eigenvalue weighted by atomic mass is 9.91. The highest BCUT2D eigenvalue weighted by Crippen LogP contribution is 2.30. The molecule has 144 valence electrons. The van der Waals surface area contributed by atoms with Gasteiger partial charge in [-0.1, -0.05) is 30.0 Å². The molecule has 1 saturated heterocycles. The van der Waals surface area contributed by atoms with Gasteiger partial charge in [-0.15, -0.1) is 0 Å². The minimum atomic E-state index is -0.269. The molecule has 1 aliphatic heterocycles. The number of hydrogen-bond donors (Lipinski definition) is 3. The molecule has 1 aliphatic rings. The fourth-order valence-corrected chi connectivity index (χ4v) is 3.59. The normalized spacial score (nSPS) is 22.7. The Labute approximate surface area is 163 Å². The molecule has 0 saturated carbocycles. The first-order valence-corrected chi connectivity index (χ1v) is 10.2. The summed E-state index contributed by atoms with van der Waals surface area (Å²) < 4.78 is 19.8. The van der Waals surface area contributed by atoms with E-state index in [0.717, 1.165) is 16.6 Å². The Bertz CT molecular complexity index is 784. The van der Waals surface area contributed by atoms with Crippen LogP contribution in [0.5, 0.6) is 5.75 Å². The summed E-state index contributed by atoms with van der Waals surface area (Å²) in [4.78, 5) is 4.79. The molecular formula is C20H25FN4OS. The van der Waals surface area contributed by atoms with E-state index in [1.807, 2.05) is 56.5 Å². The van der Waals surface area contributed by atoms with Crippen LogP contribution in [0.1, 0.15) is 25.3 Å². The molecule has 0 bridgehead atoms. The van der Waals surface area contributed by atoms with Crippen molar-refractivity contribution in [2.24, 2.45) is 4.99 Å². The number of aliphatic imine (C=N–C) groups is 1. The highest BCUT2D eigenvalue weighted by molar-refractivity contribution is 8.13. The monoisotopic (exact) mass is 388 g/mol. The molecule has 27 heavy (non-hydrogen) atoms. The quantitative estimate of drug-likeness (QED) is 0.535. The lowest BCUT2D eigenvalue weighted by molar-refractivity contribution is 0.340. The lowest BCUT2D eigenvalue weighted by Gasteiger charge is -2.20. The van der Waals surface area contributed by atoms with Gasteiger partial charge in [0.25, 0.3) is 0 Å². The summed E-state index contributed by atoms with van der Waals surface area (Å²) in [5.74, 6) is 0.529. The number of nitrogens with zero attached hydrogens (tertiary/aromatic N) is 1. The van der Waals surface area contributed by atoms with E-state index in [4.69, 9.17) is 9.73 Å². The fourth-order valence-electron chi connectivity index (χ4n) is 3.15. The van der Waals surface area contributed by atoms with E-state index in [1.54, 1.807) is 6.07 Å². The Morgan fingerprint density at radius 1 is 1.19 bits per heavy atom. The average molecular weight is 389 g/mol. The zero-order valence-electron chi connectivity index (χ0n) is 15.7. The molecule has 0 aromatic heterocycles. The number of halogens is 1. The summed E-state index contributed by atoms with van der Waals surface area (Å²) in [6.45, 7) is 4.62. The van der Waals surface area contributed by atoms with Crippen molar-refractivity contribution in [2.75, 3.05) is 18.2 Å². The molecule has 7 heteroatoms. The molecular weight excluding hydrogens is 363 g/mol. The van der Waals surface area contributed by atoms with E-state index >= 15 is 0 Å². The van der Waals surface area contributed by atoms with E-state index in [1.165, 1.54) is 17.8 Å². The van der Waals surface area contributed by atoms with Gasteiger partial charge in [0.05, 0.1) is 6.61 Å². The van der Waals surface area contributed by atoms with Crippen molar-refractivity contribution in [1.29, 1.82) is 0 Å². The van der Waals surface area contributed by atoms with Crippen LogP contribution in [-0.2, 0) is 0 Å². The van der Waals surface area contributed by atoms with Crippen molar-refractivity contribution in [3.63, 3.8) is 0 Å². The Kier molecular flexibility index (Phi) is 6.71. The van der Waals surface area contributed by atoms with Gasteiger partial charge in [-0.2, -0.15) is 0 Å². The molecule has 2 aromatic carbocycles. The Morgan fingerprint density at radius 2 is 1.93 bits per heavy atom. The molecule has 0 aliphatic carbocycles. The summed E-state index contributed by atoms with van der Waals surface area (Å²) in [6, 6.07) is 14.7. The van der Waals surface area contributed by atoms with Gasteiger partial charge in [-0.25, -0.2) is 14.8 Å². The predicted molar refractivity (Wildman–Crippen MR) is 111 cm³/mol. The van der Waals surface area contributed by atoms with Gasteiger partial charge in [-0.05, 0) is 56.0 Å². The van der Waals surface area contributed by atoms with E-state index in [-0.39, 0.29) is 23.9 Å². The maximum Gasteiger partial charge on any atom is 0.162 e. The third-order valence-electron chi connectivity index (χ3n) is 4.47. The highest BCUT2D eigenvalue weighted by Gasteiger charge is 2.36. The van der Waals surface area contributed by atoms with E-state index < -0.39 is 0 Å². The highest BCUT2D eigenvalue weighted by atomic mass is 32.2. The number of thioether (sulfide) groups is 1. The fraction of sp³-hybridized carbons (Fsp3) is 0.350. The smallest absolute Gasteiger partial charge is 0.162 e. The largest absolute Gasteiger partial charge is 0.494 e. The predicted octanol–water partition coefficient (Wildman–Crippen LogP) is 3.96. The molecule has 5 nitrogen and oxygen atoms in total. The van der Waals surface area contributed by atoms with Gasteiger partial charge in [0, 0.05) is 17.6 Å². The minimum Gasteiger partial charge on any atom is -0.494 e. The topological polar surface area (TPSA) is 57.7 Å². The van der Waals surface area contributed by atoms with E-state index in [0.29, 0.717) is 12.2 Å². The summed E-state index contributed by atoms with van der Waals surface area (Å²) in [5, 5.41) is 4.08. The lowest BCUT2D eigenvalue weighted by Crippen LogP contribution is -2.32. The summed E-state index contributed by atoms with van der Waals surface area (Å²) >= 11 is 1.51. The number of hydrogen-bond acceptors (Lipinski definition) is 5. The van der Waals surface area contributed by atoms with Gasteiger partial charge >= 0.3 is 0 Å². The number of amidine groups is 1. The third-order valence-corrected chi connectivity index (χ3v) is 5.06. The van der Waals surface area contributed by atoms with Crippen LogP contribution >= 0.6 is 11.8 Å². The van der Waals surface area contributed by atoms with Crippen molar-refractivity contribution in [2.45, 2.75) is 32.0 Å². The number of anilines is 1. The van der Waals surface area contributed by atoms with E-state index in [2.05, 4.69) is 16.2 Å². The second-order valence-electron chi connectivity index (χ2n) is 6.29. The zero-order valence-corrected chi connectivity index (χ0v) is 16.5. The van der Waals surface area contributed by atoms with Gasteiger partial charge in [0.15, 0.2) is 5.17 Å². The number of nitrogens with one attached hydrogen (secondary N) is 3. The second-order valence-corrected chi connectivity index (χ2v) is 7.09. The van der Waals surface area contributed by atoms with Crippen LogP contribution in [0.3, 0.4) is 0 Å². The third kappa shape index (κ3) is 4.80. The molecule has 0 spiro atoms. The Hall–Kier alpha value is -2.09. The molecule has 0 amide bonds. The first-order valence-electron chi connectivity index (χ1n) is 8.99. The van der Waals surface area contributed by atoms with Crippen LogP contribution in [0, 0.1) is 5.82 Å². The average Bonchev–Trinajstić information content (AvgIpc) is 3.03. The summed E-state index contributed by atoms with van der Waals surface area (Å²) in [5.41, 5.74) is 7.95. The van der Waals surface area contributed by atoms with Gasteiger partial charge in [-0.3, -0.25) is 5.43 Å². The number of rotatable bonds is 5. The van der Waals surface area contributed by atoms with Crippen LogP contribution in [0.4, 0.5) is 10.1 Å². The van der Waals surface area contributed by atoms with Crippen molar-refractivity contribution in [3.8, 4) is 5.75 Å². The first kappa shape index (κ1) is 19.7. The van der Waals surface area contributed by atoms with Crippen LogP contribution < -0.4 is 20.9 Å². The molecule has 3 atom stereocenters. The molecule has 3 N–H and O–H groups in total. The van der Waals surface area contributed by atoms with Crippen LogP contribution in [-0.4, -0.2) is 30.2 Å². The van der Waals surface area contributed by atoms with Gasteiger partial charge < -0.3 is 10.1 Å². The van der Waals surface area contributed by atoms with Gasteiger partial charge in [0.1, 0.15) is 17.7 Å². The standard InChI is InChI=1S/C20H25FN4OS/c1-4-26-15-11-9-14(10-12-15)22-20(27-3)23-19-18(13(2)24-25-19)16-7-5-6-8-17(16)21/h5-13,18-19,24-25H,4H2,1-3H3,(H,22,23). The van der Waals surface area contributed by atoms with Crippen LogP contribution in [0.25, 0.3) is 0 Å². The van der Waals surface area contributed by atoms with Crippen LogP contribution in [0.2, 0.25) is 0 Å². The minimum absolute atomic E-state index is 0.0595. The first-order chi connectivity index (χ1) is 13.1. The summed E-state index contributed by atoms with van der Waals surface area (Å²) in [6.07, 6.45) is 1.69. The van der Waals surface area contributed by atoms with Crippen LogP contribution in [0.15, 0.2) is 53.5 Å².